The number of hydrogen-bond donors (Lipinski definition) is 0. The number of ether oxygens (including phenoxy) is 1. The molecule has 3 nitrogen and oxygen atoms in total. The second kappa shape index (κ2) is 5.44. The molecule has 0 spiro atoms. The van der Waals surface area contributed by atoms with E-state index in [-0.39, 0.29) is 12.0 Å². The largest absolute Gasteiger partial charge is 0.495 e. The third kappa shape index (κ3) is 3.43. The van der Waals surface area contributed by atoms with Crippen LogP contribution in [0.2, 0.25) is 0 Å². The lowest BCUT2D eigenvalue weighted by Gasteiger charge is -2.09. The molecule has 0 fully saturated rings. The lowest BCUT2D eigenvalue weighted by Crippen LogP contribution is -2.07. The van der Waals surface area contributed by atoms with E-state index in [2.05, 4.69) is 10.2 Å². The van der Waals surface area contributed by atoms with Gasteiger partial charge in [0, 0.05) is 12.5 Å². The van der Waals surface area contributed by atoms with Crippen LogP contribution >= 0.6 is 0 Å². The Kier molecular flexibility index (Phi) is 3.87. The second-order valence-electron chi connectivity index (χ2n) is 4.11. The standard InChI is InChI=1S/C13H10F4N2O/c1-20-12-6-11(19-18-7-12)4-8-2-9(13(15,16)17)5-10(14)3-8/h2-3,5-7H,4H2,1H3. The van der Waals surface area contributed by atoms with E-state index < -0.39 is 17.6 Å². The van der Waals surface area contributed by atoms with E-state index in [0.29, 0.717) is 17.5 Å². The van der Waals surface area contributed by atoms with Crippen LogP contribution in [0.15, 0.2) is 30.5 Å². The number of methoxy groups -OCH3 is 1. The monoisotopic (exact) mass is 286 g/mol. The minimum Gasteiger partial charge on any atom is -0.495 e. The lowest BCUT2D eigenvalue weighted by molar-refractivity contribution is -0.137. The van der Waals surface area contributed by atoms with E-state index in [9.17, 15) is 17.6 Å². The molecule has 1 aromatic heterocycles. The quantitative estimate of drug-likeness (QED) is 0.812. The summed E-state index contributed by atoms with van der Waals surface area (Å²) in [4.78, 5) is 0. The van der Waals surface area contributed by atoms with Crippen LogP contribution in [0.4, 0.5) is 17.6 Å². The average Bonchev–Trinajstić information content (AvgIpc) is 2.37. The van der Waals surface area contributed by atoms with Crippen LogP contribution in [0.25, 0.3) is 0 Å². The summed E-state index contributed by atoms with van der Waals surface area (Å²) in [5.41, 5.74) is -0.466. The van der Waals surface area contributed by atoms with Crippen molar-refractivity contribution < 1.29 is 22.3 Å². The highest BCUT2D eigenvalue weighted by Crippen LogP contribution is 2.30. The topological polar surface area (TPSA) is 35.0 Å². The summed E-state index contributed by atoms with van der Waals surface area (Å²) in [6, 6.07) is 3.92. The molecule has 0 saturated carbocycles. The highest BCUT2D eigenvalue weighted by Gasteiger charge is 2.31. The van der Waals surface area contributed by atoms with Crippen molar-refractivity contribution in [1.29, 1.82) is 0 Å². The lowest BCUT2D eigenvalue weighted by atomic mass is 10.1. The van der Waals surface area contributed by atoms with Crippen molar-refractivity contribution in [2.24, 2.45) is 0 Å². The molecule has 1 heterocycles. The molecule has 0 radical (unpaired) electrons. The minimum atomic E-state index is -4.59. The van der Waals surface area contributed by atoms with Gasteiger partial charge in [-0.2, -0.15) is 23.4 Å². The van der Waals surface area contributed by atoms with Crippen molar-refractivity contribution in [2.75, 3.05) is 7.11 Å². The van der Waals surface area contributed by atoms with Gasteiger partial charge in [-0.05, 0) is 23.8 Å². The number of hydrogen-bond acceptors (Lipinski definition) is 3. The zero-order valence-electron chi connectivity index (χ0n) is 10.4. The van der Waals surface area contributed by atoms with E-state index in [0.717, 1.165) is 12.1 Å². The fourth-order valence-corrected chi connectivity index (χ4v) is 1.71. The van der Waals surface area contributed by atoms with Gasteiger partial charge >= 0.3 is 6.18 Å². The van der Waals surface area contributed by atoms with Crippen molar-refractivity contribution >= 4 is 0 Å². The Morgan fingerprint density at radius 2 is 1.90 bits per heavy atom. The predicted octanol–water partition coefficient (Wildman–Crippen LogP) is 3.23. The Bertz CT molecular complexity index is 614. The van der Waals surface area contributed by atoms with Gasteiger partial charge in [0.05, 0.1) is 24.6 Å². The Labute approximate surface area is 112 Å². The molecule has 0 N–H and O–H groups in total. The first-order valence-corrected chi connectivity index (χ1v) is 5.61. The molecule has 0 aliphatic carbocycles. The summed E-state index contributed by atoms with van der Waals surface area (Å²) in [5.74, 6) is -0.506. The summed E-state index contributed by atoms with van der Waals surface area (Å²) in [6.07, 6.45) is -3.18. The van der Waals surface area contributed by atoms with Gasteiger partial charge in [-0.3, -0.25) is 0 Å². The molecule has 20 heavy (non-hydrogen) atoms. The van der Waals surface area contributed by atoms with Gasteiger partial charge in [0.1, 0.15) is 11.6 Å². The number of halogens is 4. The molecule has 0 saturated heterocycles. The number of aromatic nitrogens is 2. The molecule has 0 unspecified atom stereocenters. The third-order valence-electron chi connectivity index (χ3n) is 2.59. The van der Waals surface area contributed by atoms with E-state index in [1.807, 2.05) is 0 Å². The molecular formula is C13H10F4N2O. The van der Waals surface area contributed by atoms with Gasteiger partial charge in [0.15, 0.2) is 0 Å². The highest BCUT2D eigenvalue weighted by atomic mass is 19.4. The van der Waals surface area contributed by atoms with E-state index in [1.165, 1.54) is 19.4 Å². The van der Waals surface area contributed by atoms with Gasteiger partial charge in [0.25, 0.3) is 0 Å². The Balaban J connectivity index is 2.31. The fraction of sp³-hybridized carbons (Fsp3) is 0.231. The van der Waals surface area contributed by atoms with Gasteiger partial charge in [-0.15, -0.1) is 0 Å². The van der Waals surface area contributed by atoms with Crippen molar-refractivity contribution in [2.45, 2.75) is 12.6 Å². The molecule has 2 aromatic rings. The van der Waals surface area contributed by atoms with Crippen LogP contribution in [0.5, 0.6) is 5.75 Å². The molecule has 2 rings (SSSR count). The SMILES string of the molecule is COc1cnnc(Cc2cc(F)cc(C(F)(F)F)c2)c1. The van der Waals surface area contributed by atoms with Crippen molar-refractivity contribution in [3.05, 3.63) is 53.1 Å². The van der Waals surface area contributed by atoms with Gasteiger partial charge in [-0.25, -0.2) is 4.39 Å². The Morgan fingerprint density at radius 1 is 1.15 bits per heavy atom. The van der Waals surface area contributed by atoms with Crippen LogP contribution < -0.4 is 4.74 Å². The number of rotatable bonds is 3. The maximum Gasteiger partial charge on any atom is 0.416 e. The zero-order valence-corrected chi connectivity index (χ0v) is 10.4. The molecular weight excluding hydrogens is 276 g/mol. The smallest absolute Gasteiger partial charge is 0.416 e. The summed E-state index contributed by atoms with van der Waals surface area (Å²) in [7, 11) is 1.44. The molecule has 1 aromatic carbocycles. The van der Waals surface area contributed by atoms with Crippen molar-refractivity contribution in [3.8, 4) is 5.75 Å². The highest BCUT2D eigenvalue weighted by molar-refractivity contribution is 5.31. The minimum absolute atomic E-state index is 0.0328. The summed E-state index contributed by atoms with van der Waals surface area (Å²) >= 11 is 0. The molecule has 0 amide bonds. The van der Waals surface area contributed by atoms with Gasteiger partial charge < -0.3 is 4.74 Å². The first-order chi connectivity index (χ1) is 9.38. The van der Waals surface area contributed by atoms with Gasteiger partial charge in [0.2, 0.25) is 0 Å². The van der Waals surface area contributed by atoms with E-state index in [4.69, 9.17) is 4.74 Å². The Morgan fingerprint density at radius 3 is 2.55 bits per heavy atom. The van der Waals surface area contributed by atoms with E-state index in [1.54, 1.807) is 0 Å². The number of nitrogens with zero attached hydrogens (tertiary/aromatic N) is 2. The molecule has 0 bridgehead atoms. The number of benzene rings is 1. The van der Waals surface area contributed by atoms with Crippen LogP contribution in [0.3, 0.4) is 0 Å². The Hall–Kier alpha value is -2.18. The fourth-order valence-electron chi connectivity index (χ4n) is 1.71. The molecule has 7 heteroatoms. The second-order valence-corrected chi connectivity index (χ2v) is 4.11. The predicted molar refractivity (Wildman–Crippen MR) is 62.8 cm³/mol. The maximum atomic E-state index is 13.2. The molecule has 0 aliphatic rings. The summed E-state index contributed by atoms with van der Waals surface area (Å²) in [5, 5.41) is 7.42. The maximum absolute atomic E-state index is 13.2. The molecule has 106 valence electrons. The molecule has 0 atom stereocenters. The average molecular weight is 286 g/mol. The van der Waals surface area contributed by atoms with Gasteiger partial charge in [-0.1, -0.05) is 0 Å². The van der Waals surface area contributed by atoms with Crippen molar-refractivity contribution in [1.82, 2.24) is 10.2 Å². The van der Waals surface area contributed by atoms with Crippen LogP contribution in [-0.2, 0) is 12.6 Å². The van der Waals surface area contributed by atoms with Crippen LogP contribution in [0.1, 0.15) is 16.8 Å². The molecule has 0 aliphatic heterocycles. The zero-order chi connectivity index (χ0) is 14.8. The summed E-state index contributed by atoms with van der Waals surface area (Å²) < 4.78 is 56.0. The first kappa shape index (κ1) is 14.2. The first-order valence-electron chi connectivity index (χ1n) is 5.61. The van der Waals surface area contributed by atoms with E-state index >= 15 is 0 Å². The van der Waals surface area contributed by atoms with Crippen LogP contribution in [0, 0.1) is 5.82 Å². The normalized spacial score (nSPS) is 11.4. The number of alkyl halides is 3. The van der Waals surface area contributed by atoms with Crippen LogP contribution in [-0.4, -0.2) is 17.3 Å². The summed E-state index contributed by atoms with van der Waals surface area (Å²) in [6.45, 7) is 0. The third-order valence-corrected chi connectivity index (χ3v) is 2.59. The van der Waals surface area contributed by atoms with Crippen molar-refractivity contribution in [3.63, 3.8) is 0 Å².